The molecule has 1 heterocycles. The van der Waals surface area contributed by atoms with Gasteiger partial charge in [-0.05, 0) is 38.4 Å². The second-order valence-corrected chi connectivity index (χ2v) is 4.86. The molecule has 3 nitrogen and oxygen atoms in total. The van der Waals surface area contributed by atoms with Crippen LogP contribution in [0.3, 0.4) is 0 Å². The molecule has 3 heteroatoms. The van der Waals surface area contributed by atoms with Crippen molar-refractivity contribution in [3.63, 3.8) is 0 Å². The lowest BCUT2D eigenvalue weighted by Crippen LogP contribution is -2.34. The molecule has 1 rings (SSSR count). The fraction of sp³-hybridized carbons (Fsp3) is 0.667. The summed E-state index contributed by atoms with van der Waals surface area (Å²) in [6.07, 6.45) is 5.59. The Morgan fingerprint density at radius 3 is 2.61 bits per heavy atom. The zero-order valence-electron chi connectivity index (χ0n) is 12.2. The van der Waals surface area contributed by atoms with Gasteiger partial charge in [-0.25, -0.2) is 4.98 Å². The molecule has 0 bridgehead atoms. The van der Waals surface area contributed by atoms with Crippen molar-refractivity contribution in [1.29, 1.82) is 0 Å². The maximum atomic E-state index is 4.61. The van der Waals surface area contributed by atoms with Crippen molar-refractivity contribution in [3.8, 4) is 0 Å². The Morgan fingerprint density at radius 1 is 1.33 bits per heavy atom. The number of anilines is 1. The highest BCUT2D eigenvalue weighted by Gasteiger charge is 2.13. The molecule has 0 saturated carbocycles. The molecule has 18 heavy (non-hydrogen) atoms. The van der Waals surface area contributed by atoms with Gasteiger partial charge in [0.05, 0.1) is 0 Å². The number of nitrogens with one attached hydrogen (secondary N) is 1. The van der Waals surface area contributed by atoms with E-state index in [9.17, 15) is 0 Å². The molecule has 0 spiro atoms. The van der Waals surface area contributed by atoms with E-state index in [0.29, 0.717) is 6.04 Å². The van der Waals surface area contributed by atoms with Crippen LogP contribution in [-0.2, 0) is 6.54 Å². The summed E-state index contributed by atoms with van der Waals surface area (Å²) in [5.74, 6) is 1.11. The number of rotatable bonds is 8. The highest BCUT2D eigenvalue weighted by molar-refractivity contribution is 5.40. The minimum Gasteiger partial charge on any atom is -0.354 e. The van der Waals surface area contributed by atoms with E-state index in [1.165, 1.54) is 18.4 Å². The predicted molar refractivity (Wildman–Crippen MR) is 79.0 cm³/mol. The summed E-state index contributed by atoms with van der Waals surface area (Å²) in [5.41, 5.74) is 1.24. The Kier molecular flexibility index (Phi) is 6.73. The lowest BCUT2D eigenvalue weighted by Gasteiger charge is -2.29. The van der Waals surface area contributed by atoms with Gasteiger partial charge in [0.1, 0.15) is 5.82 Å². The smallest absolute Gasteiger partial charge is 0.128 e. The molecule has 102 valence electrons. The molecule has 0 aliphatic heterocycles. The molecule has 1 unspecified atom stereocenters. The third-order valence-electron chi connectivity index (χ3n) is 3.36. The number of nitrogens with zero attached hydrogens (tertiary/aromatic N) is 2. The molecule has 1 atom stereocenters. The van der Waals surface area contributed by atoms with E-state index >= 15 is 0 Å². The van der Waals surface area contributed by atoms with E-state index < -0.39 is 0 Å². The molecular formula is C15H27N3. The van der Waals surface area contributed by atoms with Gasteiger partial charge in [-0.15, -0.1) is 0 Å². The molecule has 0 amide bonds. The maximum Gasteiger partial charge on any atom is 0.128 e. The van der Waals surface area contributed by atoms with Crippen LogP contribution in [0.4, 0.5) is 5.82 Å². The first kappa shape index (κ1) is 15.0. The molecule has 0 saturated heterocycles. The molecule has 0 aromatic carbocycles. The summed E-state index contributed by atoms with van der Waals surface area (Å²) in [6.45, 7) is 8.73. The van der Waals surface area contributed by atoms with Gasteiger partial charge in [-0.2, -0.15) is 0 Å². The number of pyridine rings is 1. The summed E-state index contributed by atoms with van der Waals surface area (Å²) in [6, 6.07) is 4.87. The molecule has 0 radical (unpaired) electrons. The van der Waals surface area contributed by atoms with Gasteiger partial charge in [0.15, 0.2) is 0 Å². The van der Waals surface area contributed by atoms with Gasteiger partial charge in [0, 0.05) is 25.3 Å². The van der Waals surface area contributed by atoms with E-state index in [1.807, 2.05) is 13.2 Å². The second-order valence-electron chi connectivity index (χ2n) is 4.86. The van der Waals surface area contributed by atoms with Crippen molar-refractivity contribution >= 4 is 5.82 Å². The fourth-order valence-electron chi connectivity index (χ4n) is 2.00. The van der Waals surface area contributed by atoms with Gasteiger partial charge in [0.25, 0.3) is 0 Å². The SMILES string of the molecule is CCCCN(c1ccc(CNC)cn1)C(C)CC. The first-order valence-corrected chi connectivity index (χ1v) is 7.09. The third-order valence-corrected chi connectivity index (χ3v) is 3.36. The monoisotopic (exact) mass is 249 g/mol. The van der Waals surface area contributed by atoms with Gasteiger partial charge in [0.2, 0.25) is 0 Å². The van der Waals surface area contributed by atoms with Crippen molar-refractivity contribution < 1.29 is 0 Å². The van der Waals surface area contributed by atoms with Crippen LogP contribution in [0, 0.1) is 0 Å². The molecule has 1 aromatic heterocycles. The van der Waals surface area contributed by atoms with E-state index in [2.05, 4.69) is 48.1 Å². The molecule has 1 N–H and O–H groups in total. The topological polar surface area (TPSA) is 28.2 Å². The number of unbranched alkanes of at least 4 members (excludes halogenated alkanes) is 1. The maximum absolute atomic E-state index is 4.61. The Hall–Kier alpha value is -1.09. The van der Waals surface area contributed by atoms with Gasteiger partial charge in [-0.3, -0.25) is 0 Å². The number of hydrogen-bond donors (Lipinski definition) is 1. The Bertz CT molecular complexity index is 321. The highest BCUT2D eigenvalue weighted by Crippen LogP contribution is 2.17. The van der Waals surface area contributed by atoms with E-state index in [1.54, 1.807) is 0 Å². The van der Waals surface area contributed by atoms with Crippen molar-refractivity contribution in [3.05, 3.63) is 23.9 Å². The summed E-state index contributed by atoms with van der Waals surface area (Å²) >= 11 is 0. The highest BCUT2D eigenvalue weighted by atomic mass is 15.2. The minimum atomic E-state index is 0.555. The van der Waals surface area contributed by atoms with Crippen LogP contribution in [0.1, 0.15) is 45.6 Å². The summed E-state index contributed by atoms with van der Waals surface area (Å²) in [4.78, 5) is 7.03. The van der Waals surface area contributed by atoms with Gasteiger partial charge >= 0.3 is 0 Å². The van der Waals surface area contributed by atoms with E-state index in [4.69, 9.17) is 0 Å². The largest absolute Gasteiger partial charge is 0.354 e. The first-order valence-electron chi connectivity index (χ1n) is 7.09. The average Bonchev–Trinajstić information content (AvgIpc) is 2.41. The zero-order valence-corrected chi connectivity index (χ0v) is 12.2. The molecule has 1 aromatic rings. The van der Waals surface area contributed by atoms with Crippen LogP contribution < -0.4 is 10.2 Å². The first-order chi connectivity index (χ1) is 8.72. The van der Waals surface area contributed by atoms with E-state index in [-0.39, 0.29) is 0 Å². The van der Waals surface area contributed by atoms with Crippen LogP contribution in [-0.4, -0.2) is 24.6 Å². The zero-order chi connectivity index (χ0) is 13.4. The van der Waals surface area contributed by atoms with Crippen molar-refractivity contribution in [2.75, 3.05) is 18.5 Å². The fourth-order valence-corrected chi connectivity index (χ4v) is 2.00. The standard InChI is InChI=1S/C15H27N3/c1-5-7-10-18(13(3)6-2)15-9-8-14(11-16-4)12-17-15/h8-9,12-13,16H,5-7,10-11H2,1-4H3. The molecule has 0 fully saturated rings. The van der Waals surface area contributed by atoms with Crippen molar-refractivity contribution in [1.82, 2.24) is 10.3 Å². The number of aromatic nitrogens is 1. The normalized spacial score (nSPS) is 12.4. The van der Waals surface area contributed by atoms with Gasteiger partial charge < -0.3 is 10.2 Å². The third kappa shape index (κ3) is 4.30. The van der Waals surface area contributed by atoms with Gasteiger partial charge in [-0.1, -0.05) is 26.3 Å². The van der Waals surface area contributed by atoms with Crippen molar-refractivity contribution in [2.45, 2.75) is 52.6 Å². The van der Waals surface area contributed by atoms with Crippen LogP contribution in [0.25, 0.3) is 0 Å². The van der Waals surface area contributed by atoms with E-state index in [0.717, 1.165) is 25.3 Å². The predicted octanol–water partition coefficient (Wildman–Crippen LogP) is 3.21. The molecular weight excluding hydrogens is 222 g/mol. The Labute approximate surface area is 112 Å². The summed E-state index contributed by atoms with van der Waals surface area (Å²) in [7, 11) is 1.96. The molecule has 0 aliphatic carbocycles. The second kappa shape index (κ2) is 8.09. The number of hydrogen-bond acceptors (Lipinski definition) is 3. The Balaban J connectivity index is 2.77. The average molecular weight is 249 g/mol. The van der Waals surface area contributed by atoms with Crippen LogP contribution in [0.5, 0.6) is 0 Å². The quantitative estimate of drug-likeness (QED) is 0.767. The van der Waals surface area contributed by atoms with Crippen LogP contribution >= 0.6 is 0 Å². The lowest BCUT2D eigenvalue weighted by molar-refractivity contribution is 0.589. The van der Waals surface area contributed by atoms with Crippen molar-refractivity contribution in [2.24, 2.45) is 0 Å². The summed E-state index contributed by atoms with van der Waals surface area (Å²) in [5, 5.41) is 3.15. The lowest BCUT2D eigenvalue weighted by atomic mass is 10.2. The molecule has 0 aliphatic rings. The van der Waals surface area contributed by atoms with Crippen LogP contribution in [0.2, 0.25) is 0 Å². The minimum absolute atomic E-state index is 0.555. The van der Waals surface area contributed by atoms with Crippen LogP contribution in [0.15, 0.2) is 18.3 Å². The Morgan fingerprint density at radius 2 is 2.11 bits per heavy atom. The summed E-state index contributed by atoms with van der Waals surface area (Å²) < 4.78 is 0.